The first-order valence-corrected chi connectivity index (χ1v) is 10.4. The fraction of sp³-hybridized carbons (Fsp3) is 0.0417. The van der Waals surface area contributed by atoms with Crippen LogP contribution < -0.4 is 4.80 Å². The van der Waals surface area contributed by atoms with Gasteiger partial charge in [0.15, 0.2) is 5.76 Å². The third-order valence-electron chi connectivity index (χ3n) is 4.73. The largest absolute Gasteiger partial charge is 0.454 e. The molecule has 0 spiro atoms. The fourth-order valence-electron chi connectivity index (χ4n) is 3.15. The van der Waals surface area contributed by atoms with Crippen LogP contribution in [0.2, 0.25) is 0 Å². The molecular formula is C24H18N4OS. The Kier molecular flexibility index (Phi) is 4.83. The van der Waals surface area contributed by atoms with Crippen LogP contribution in [-0.4, -0.2) is 15.9 Å². The van der Waals surface area contributed by atoms with Crippen LogP contribution in [0.1, 0.15) is 11.1 Å². The lowest BCUT2D eigenvalue weighted by Gasteiger charge is -2.02. The van der Waals surface area contributed by atoms with Crippen molar-refractivity contribution >= 4 is 34.2 Å². The summed E-state index contributed by atoms with van der Waals surface area (Å²) in [6.45, 7) is 2.07. The molecule has 0 saturated heterocycles. The van der Waals surface area contributed by atoms with Gasteiger partial charge in [0.1, 0.15) is 11.3 Å². The van der Waals surface area contributed by atoms with Gasteiger partial charge in [0.25, 0.3) is 0 Å². The van der Waals surface area contributed by atoms with Crippen molar-refractivity contribution in [2.75, 3.05) is 0 Å². The van der Waals surface area contributed by atoms with Crippen LogP contribution in [0.25, 0.3) is 22.4 Å². The maximum Gasteiger partial charge on any atom is 0.211 e. The minimum absolute atomic E-state index is 0.739. The molecule has 0 bridgehead atoms. The van der Waals surface area contributed by atoms with Crippen LogP contribution in [0.5, 0.6) is 0 Å². The molecule has 0 atom stereocenters. The fourth-order valence-corrected chi connectivity index (χ4v) is 3.99. The summed E-state index contributed by atoms with van der Waals surface area (Å²) < 4.78 is 7.91. The minimum Gasteiger partial charge on any atom is -0.454 e. The van der Waals surface area contributed by atoms with Crippen molar-refractivity contribution in [1.29, 1.82) is 0 Å². The van der Waals surface area contributed by atoms with E-state index in [-0.39, 0.29) is 0 Å². The monoisotopic (exact) mass is 410 g/mol. The molecule has 0 radical (unpaired) electrons. The Balaban J connectivity index is 1.67. The number of furan rings is 1. The van der Waals surface area contributed by atoms with Gasteiger partial charge in [-0.1, -0.05) is 42.5 Å². The number of hydrogen-bond donors (Lipinski definition) is 0. The van der Waals surface area contributed by atoms with Gasteiger partial charge >= 0.3 is 0 Å². The molecule has 30 heavy (non-hydrogen) atoms. The first kappa shape index (κ1) is 18.3. The first-order valence-electron chi connectivity index (χ1n) is 9.52. The lowest BCUT2D eigenvalue weighted by Crippen LogP contribution is -2.11. The zero-order valence-electron chi connectivity index (χ0n) is 16.3. The van der Waals surface area contributed by atoms with E-state index >= 15 is 0 Å². The minimum atomic E-state index is 0.739. The smallest absolute Gasteiger partial charge is 0.211 e. The predicted molar refractivity (Wildman–Crippen MR) is 121 cm³/mol. The Morgan fingerprint density at radius 1 is 1.03 bits per heavy atom. The number of benzene rings is 2. The molecule has 5 aromatic rings. The van der Waals surface area contributed by atoms with E-state index in [0.29, 0.717) is 0 Å². The molecule has 0 fully saturated rings. The predicted octanol–water partition coefficient (Wildman–Crippen LogP) is 5.78. The van der Waals surface area contributed by atoms with Crippen LogP contribution in [0.15, 0.2) is 99.0 Å². The number of thiazole rings is 1. The van der Waals surface area contributed by atoms with E-state index in [2.05, 4.69) is 18.0 Å². The number of fused-ring (bicyclic) bond motifs is 1. The second kappa shape index (κ2) is 7.93. The van der Waals surface area contributed by atoms with E-state index in [1.165, 1.54) is 11.3 Å². The summed E-state index contributed by atoms with van der Waals surface area (Å²) in [6, 6.07) is 21.9. The first-order chi connectivity index (χ1) is 14.8. The highest BCUT2D eigenvalue weighted by atomic mass is 32.1. The highest BCUT2D eigenvalue weighted by Gasteiger charge is 2.13. The zero-order valence-corrected chi connectivity index (χ0v) is 17.1. The summed E-state index contributed by atoms with van der Waals surface area (Å²) in [5.74, 6) is 0.752. The van der Waals surface area contributed by atoms with Crippen LogP contribution in [0.4, 0.5) is 5.69 Å². The summed E-state index contributed by atoms with van der Waals surface area (Å²) in [7, 11) is 0. The molecular weight excluding hydrogens is 392 g/mol. The number of nitrogens with zero attached hydrogens (tertiary/aromatic N) is 4. The maximum absolute atomic E-state index is 6.09. The van der Waals surface area contributed by atoms with Gasteiger partial charge in [0.2, 0.25) is 4.80 Å². The van der Waals surface area contributed by atoms with E-state index in [1.54, 1.807) is 12.4 Å². The molecule has 3 heterocycles. The molecule has 146 valence electrons. The lowest BCUT2D eigenvalue weighted by atomic mass is 10.1. The van der Waals surface area contributed by atoms with Gasteiger partial charge in [0, 0.05) is 17.0 Å². The average molecular weight is 411 g/mol. The quantitative estimate of drug-likeness (QED) is 0.353. The number of hydrogen-bond acceptors (Lipinski definition) is 5. The van der Waals surface area contributed by atoms with Crippen molar-refractivity contribution in [3.8, 4) is 11.5 Å². The molecule has 5 nitrogen and oxygen atoms in total. The molecule has 0 saturated carbocycles. The van der Waals surface area contributed by atoms with E-state index in [1.807, 2.05) is 76.9 Å². The summed E-state index contributed by atoms with van der Waals surface area (Å²) in [6.07, 6.45) is 5.32. The molecule has 0 N–H and O–H groups in total. The van der Waals surface area contributed by atoms with E-state index < -0.39 is 0 Å². The normalized spacial score (nSPS) is 12.2. The van der Waals surface area contributed by atoms with Crippen LogP contribution >= 0.6 is 11.3 Å². The van der Waals surface area contributed by atoms with Gasteiger partial charge in [-0.05, 0) is 42.3 Å². The van der Waals surface area contributed by atoms with Gasteiger partial charge in [-0.25, -0.2) is 9.67 Å². The van der Waals surface area contributed by atoms with Gasteiger partial charge in [0.05, 0.1) is 18.1 Å². The highest BCUT2D eigenvalue weighted by molar-refractivity contribution is 7.07. The molecule has 6 heteroatoms. The maximum atomic E-state index is 6.09. The van der Waals surface area contributed by atoms with Gasteiger partial charge in [-0.2, -0.15) is 5.10 Å². The van der Waals surface area contributed by atoms with E-state index in [9.17, 15) is 0 Å². The second-order valence-electron chi connectivity index (χ2n) is 6.79. The van der Waals surface area contributed by atoms with Crippen molar-refractivity contribution < 1.29 is 4.42 Å². The summed E-state index contributed by atoms with van der Waals surface area (Å²) >= 11 is 1.51. The number of aromatic nitrogens is 2. The highest BCUT2D eigenvalue weighted by Crippen LogP contribution is 2.28. The van der Waals surface area contributed by atoms with Gasteiger partial charge < -0.3 is 4.42 Å². The topological polar surface area (TPSA) is 55.7 Å². The van der Waals surface area contributed by atoms with E-state index in [0.717, 1.165) is 44.0 Å². The van der Waals surface area contributed by atoms with Crippen LogP contribution in [0, 0.1) is 6.92 Å². The number of rotatable bonds is 4. The number of pyridine rings is 1. The standard InChI is InChI=1S/C24H18N4OS/c1-17-7-2-3-9-19(17)14-26-28-21(23-13-18-8-4-5-11-22(18)29-23)16-30-24(28)27-20-10-6-12-25-15-20/h2-16H,1H3. The summed E-state index contributed by atoms with van der Waals surface area (Å²) in [5, 5.41) is 7.84. The average Bonchev–Trinajstić information content (AvgIpc) is 3.38. The molecule has 0 aliphatic carbocycles. The van der Waals surface area contributed by atoms with Crippen LogP contribution in [0.3, 0.4) is 0 Å². The second-order valence-corrected chi connectivity index (χ2v) is 7.62. The molecule has 0 unspecified atom stereocenters. The van der Waals surface area contributed by atoms with Gasteiger partial charge in [-0.3, -0.25) is 4.98 Å². The van der Waals surface area contributed by atoms with Crippen LogP contribution in [-0.2, 0) is 0 Å². The summed E-state index contributed by atoms with van der Waals surface area (Å²) in [4.78, 5) is 9.63. The Morgan fingerprint density at radius 3 is 2.73 bits per heavy atom. The Bertz CT molecular complexity index is 1380. The molecule has 0 amide bonds. The van der Waals surface area contributed by atoms with E-state index in [4.69, 9.17) is 14.5 Å². The van der Waals surface area contributed by atoms with Crippen molar-refractivity contribution in [2.24, 2.45) is 10.1 Å². The molecule has 2 aromatic carbocycles. The van der Waals surface area contributed by atoms with Crippen molar-refractivity contribution in [3.05, 3.63) is 100 Å². The lowest BCUT2D eigenvalue weighted by molar-refractivity contribution is 0.622. The summed E-state index contributed by atoms with van der Waals surface area (Å²) in [5.41, 5.74) is 4.69. The van der Waals surface area contributed by atoms with Crippen molar-refractivity contribution in [1.82, 2.24) is 9.66 Å². The third kappa shape index (κ3) is 3.60. The SMILES string of the molecule is Cc1ccccc1C=Nn1c(-c2cc3ccccc3o2)csc1=Nc1cccnc1. The van der Waals surface area contributed by atoms with Gasteiger partial charge in [-0.15, -0.1) is 11.3 Å². The molecule has 5 rings (SSSR count). The zero-order chi connectivity index (χ0) is 20.3. The van der Waals surface area contributed by atoms with Crippen molar-refractivity contribution in [2.45, 2.75) is 6.92 Å². The molecule has 3 aromatic heterocycles. The Morgan fingerprint density at radius 2 is 1.90 bits per heavy atom. The number of para-hydroxylation sites is 1. The molecule has 0 aliphatic rings. The Labute approximate surface area is 177 Å². The number of aryl methyl sites for hydroxylation is 1. The Hall–Kier alpha value is -3.77. The van der Waals surface area contributed by atoms with Crippen molar-refractivity contribution in [3.63, 3.8) is 0 Å². The third-order valence-corrected chi connectivity index (χ3v) is 5.55. The molecule has 0 aliphatic heterocycles.